The topological polar surface area (TPSA) is 70.1 Å². The molecule has 1 aliphatic heterocycles. The van der Waals surface area contributed by atoms with Gasteiger partial charge in [0.25, 0.3) is 0 Å². The Kier molecular flexibility index (Phi) is 7.24. The van der Waals surface area contributed by atoms with Gasteiger partial charge in [-0.2, -0.15) is 4.37 Å². The van der Waals surface area contributed by atoms with Crippen LogP contribution < -0.4 is 34.7 Å². The van der Waals surface area contributed by atoms with Gasteiger partial charge in [0.2, 0.25) is 5.78 Å². The van der Waals surface area contributed by atoms with Crippen molar-refractivity contribution in [3.8, 4) is 17.2 Å². The second-order valence-electron chi connectivity index (χ2n) is 16.6. The molecule has 0 N–H and O–H groups in total. The van der Waals surface area contributed by atoms with Gasteiger partial charge >= 0.3 is 0 Å². The van der Waals surface area contributed by atoms with Crippen molar-refractivity contribution < 1.29 is 17.1 Å². The number of hydrogen-bond donors (Lipinski definition) is 0. The van der Waals surface area contributed by atoms with Crippen molar-refractivity contribution in [2.24, 2.45) is 0 Å². The van der Waals surface area contributed by atoms with Crippen LogP contribution in [0.2, 0.25) is 26.0 Å². The molecule has 0 bridgehead atoms. The van der Waals surface area contributed by atoms with Gasteiger partial charge in [-0.25, -0.2) is 9.97 Å². The summed E-state index contributed by atoms with van der Waals surface area (Å²) in [7, 11) is -14.4. The highest BCUT2D eigenvalue weighted by atomic mass is 32.1. The summed E-state index contributed by atoms with van der Waals surface area (Å²) >= 11 is 1.82. The van der Waals surface area contributed by atoms with Gasteiger partial charge in [-0.1, -0.05) is 159 Å². The maximum Gasteiger partial charge on any atom is 0.220 e. The van der Waals surface area contributed by atoms with Crippen molar-refractivity contribution in [3.63, 3.8) is 0 Å². The molecule has 0 saturated heterocycles. The number of nitrogens with zero attached hydrogens (tertiary/aromatic N) is 6. The molecule has 0 amide bonds. The third-order valence-corrected chi connectivity index (χ3v) is 29.9. The fraction of sp³-hybridized carbons (Fsp3) is 0.0943. The van der Waals surface area contributed by atoms with Gasteiger partial charge < -0.3 is 4.74 Å². The number of ether oxygens (including phenoxy) is 1. The molecule has 2 unspecified atom stereocenters. The number of fused-ring (bicyclic) bond motifs is 7. The van der Waals surface area contributed by atoms with Crippen molar-refractivity contribution >= 4 is 105 Å². The average molecular weight is 938 g/mol. The second kappa shape index (κ2) is 15.0. The molecule has 0 radical (unpaired) electrons. The van der Waals surface area contributed by atoms with E-state index in [1.807, 2.05) is 84.9 Å². The van der Waals surface area contributed by atoms with Gasteiger partial charge in [-0.05, 0) is 74.7 Å². The standard InChI is InChI=1S/C53H44N6OS2Si3/c1-63(2,51-54-33-34-61-51)53(64(3,4)52-55-36-56-62-52)41-25-11-16-31-47(41)60-49-42(53)26-18-32-48(49)65(38-20-7-5-8-21-38,39-22-9-6-10-23-39)40-24-17-19-37(35-40)58-45-29-14-15-30-46(45)59-44-28-13-12-27-43(44)57-50(58)59/h5-36H,1-4H3/i1D3,3D3,4D3. The van der Waals surface area contributed by atoms with E-state index in [4.69, 9.17) is 14.7 Å². The molecule has 0 saturated carbocycles. The van der Waals surface area contributed by atoms with Crippen molar-refractivity contribution in [2.75, 3.05) is 0 Å². The zero-order valence-corrected chi connectivity index (χ0v) is 39.5. The predicted octanol–water partition coefficient (Wildman–Crippen LogP) is 8.82. The number of para-hydroxylation sites is 6. The van der Waals surface area contributed by atoms with Crippen LogP contribution in [0, 0.1) is 0 Å². The number of benzene rings is 7. The fourth-order valence-corrected chi connectivity index (χ4v) is 27.1. The van der Waals surface area contributed by atoms with E-state index in [-0.39, 0.29) is 31.9 Å². The van der Waals surface area contributed by atoms with Crippen LogP contribution in [0.4, 0.5) is 0 Å². The van der Waals surface area contributed by atoms with Crippen LogP contribution in [-0.4, -0.2) is 52.5 Å². The maximum atomic E-state index is 9.90. The van der Waals surface area contributed by atoms with Gasteiger partial charge in [0.05, 0.1) is 31.3 Å². The maximum absolute atomic E-state index is 9.90. The average Bonchev–Trinajstić information content (AvgIpc) is 4.23. The Balaban J connectivity index is 1.28. The SMILES string of the molecule is [2H]C([2H])([2H])[Si](C)(c1nccs1)C1([Si](c2ncns2)(C([2H])([2H])[2H])C([2H])([2H])[2H])c2ccccc2Oc2c1cccc2[Si](c1ccccc1)(c1ccccc1)c1cccc(-n2c3ccccc3n3c4ccccc4nc23)c1. The van der Waals surface area contributed by atoms with Crippen LogP contribution in [0.3, 0.4) is 0 Å². The minimum Gasteiger partial charge on any atom is -0.457 e. The molecule has 0 fully saturated rings. The Labute approximate surface area is 401 Å². The Bertz CT molecular complexity index is 3860. The molecular formula is C53H44N6OS2Si3. The zero-order chi connectivity index (χ0) is 51.5. The zero-order valence-electron chi connectivity index (χ0n) is 43.9. The number of imidazole rings is 2. The van der Waals surface area contributed by atoms with Crippen LogP contribution in [0.5, 0.6) is 11.5 Å². The molecule has 7 aromatic carbocycles. The largest absolute Gasteiger partial charge is 0.457 e. The van der Waals surface area contributed by atoms with E-state index in [1.54, 1.807) is 42.3 Å². The van der Waals surface area contributed by atoms with Crippen LogP contribution >= 0.6 is 22.9 Å². The molecular weight excluding hydrogens is 885 g/mol. The molecule has 11 aromatic rings. The molecule has 12 heteroatoms. The van der Waals surface area contributed by atoms with Crippen LogP contribution in [-0.2, 0) is 4.66 Å². The van der Waals surface area contributed by atoms with Gasteiger partial charge in [-0.3, -0.25) is 14.0 Å². The van der Waals surface area contributed by atoms with Gasteiger partial charge in [0, 0.05) is 45.4 Å². The number of aromatic nitrogens is 6. The number of thiazole rings is 1. The lowest BCUT2D eigenvalue weighted by Crippen LogP contribution is -2.77. The molecule has 0 aliphatic carbocycles. The predicted molar refractivity (Wildman–Crippen MR) is 277 cm³/mol. The van der Waals surface area contributed by atoms with E-state index in [9.17, 15) is 12.3 Å². The van der Waals surface area contributed by atoms with Gasteiger partial charge in [0.1, 0.15) is 34.0 Å². The lowest BCUT2D eigenvalue weighted by Gasteiger charge is -2.55. The van der Waals surface area contributed by atoms with E-state index < -0.39 is 48.3 Å². The van der Waals surface area contributed by atoms with E-state index in [1.165, 1.54) is 12.5 Å². The molecule has 0 spiro atoms. The lowest BCUT2D eigenvalue weighted by molar-refractivity contribution is 0.453. The highest BCUT2D eigenvalue weighted by Gasteiger charge is 2.66. The number of rotatable bonds is 9. The first-order chi connectivity index (χ1) is 35.5. The second-order valence-corrected chi connectivity index (χ2v) is 29.4. The molecule has 4 aromatic heterocycles. The summed E-state index contributed by atoms with van der Waals surface area (Å²) in [5.74, 6) is 1.09. The van der Waals surface area contributed by atoms with Crippen molar-refractivity contribution in [2.45, 2.75) is 30.6 Å². The highest BCUT2D eigenvalue weighted by Crippen LogP contribution is 2.56. The normalized spacial score (nSPS) is 18.6. The molecule has 2 atom stereocenters. The molecule has 7 nitrogen and oxygen atoms in total. The smallest absolute Gasteiger partial charge is 0.220 e. The molecule has 316 valence electrons. The highest BCUT2D eigenvalue weighted by molar-refractivity contribution is 7.31. The Hall–Kier alpha value is -6.55. The quantitative estimate of drug-likeness (QED) is 0.107. The van der Waals surface area contributed by atoms with Crippen LogP contribution in [0.1, 0.15) is 23.5 Å². The molecule has 12 rings (SSSR count). The fourth-order valence-electron chi connectivity index (χ4n) is 10.6. The van der Waals surface area contributed by atoms with E-state index in [0.29, 0.717) is 16.7 Å². The molecule has 65 heavy (non-hydrogen) atoms. The van der Waals surface area contributed by atoms with Gasteiger partial charge in [-0.15, -0.1) is 11.3 Å². The summed E-state index contributed by atoms with van der Waals surface area (Å²) in [5, 5.41) is 5.12. The Morgan fingerprint density at radius 2 is 1.28 bits per heavy atom. The minimum atomic E-state index is -5.67. The van der Waals surface area contributed by atoms with Crippen LogP contribution in [0.15, 0.2) is 194 Å². The van der Waals surface area contributed by atoms with Crippen LogP contribution in [0.25, 0.3) is 33.5 Å². The van der Waals surface area contributed by atoms with Crippen molar-refractivity contribution in [3.05, 3.63) is 205 Å². The number of hydrogen-bond acceptors (Lipinski definition) is 7. The third-order valence-electron chi connectivity index (χ3n) is 13.2. The summed E-state index contributed by atoms with van der Waals surface area (Å²) in [4.78, 5) is 14.6. The summed E-state index contributed by atoms with van der Waals surface area (Å²) < 4.78 is 103. The first-order valence-electron chi connectivity index (χ1n) is 25.7. The van der Waals surface area contributed by atoms with Crippen molar-refractivity contribution in [1.29, 1.82) is 0 Å². The van der Waals surface area contributed by atoms with Gasteiger partial charge in [0.15, 0.2) is 8.07 Å². The van der Waals surface area contributed by atoms with Crippen molar-refractivity contribution in [1.82, 2.24) is 28.3 Å². The van der Waals surface area contributed by atoms with E-state index >= 15 is 0 Å². The van der Waals surface area contributed by atoms with E-state index in [0.717, 1.165) is 60.4 Å². The first kappa shape index (κ1) is 31.3. The van der Waals surface area contributed by atoms with E-state index in [2.05, 4.69) is 79.0 Å². The summed E-state index contributed by atoms with van der Waals surface area (Å²) in [6.45, 7) is -8.04. The monoisotopic (exact) mass is 937 g/mol. The lowest BCUT2D eigenvalue weighted by atomic mass is 9.98. The summed E-state index contributed by atoms with van der Waals surface area (Å²) in [5.41, 5.74) is 4.90. The first-order valence-corrected chi connectivity index (χ1v) is 29.4. The molecule has 5 heterocycles. The molecule has 1 aliphatic rings. The summed E-state index contributed by atoms with van der Waals surface area (Å²) in [6.07, 6.45) is 2.69. The minimum absolute atomic E-state index is 0.159. The Morgan fingerprint density at radius 1 is 0.615 bits per heavy atom. The Morgan fingerprint density at radius 3 is 2.00 bits per heavy atom. The third kappa shape index (κ3) is 5.55. The summed E-state index contributed by atoms with van der Waals surface area (Å²) in [6, 6.07) is 57.4.